The van der Waals surface area contributed by atoms with E-state index in [1.54, 1.807) is 0 Å². The van der Waals surface area contributed by atoms with Crippen LogP contribution >= 0.6 is 15.6 Å². The van der Waals surface area contributed by atoms with Crippen molar-refractivity contribution in [2.24, 2.45) is 0 Å². The van der Waals surface area contributed by atoms with Gasteiger partial charge in [0.1, 0.15) is 19.3 Å². The molecule has 0 spiro atoms. The summed E-state index contributed by atoms with van der Waals surface area (Å²) in [7, 11) is -10.0. The summed E-state index contributed by atoms with van der Waals surface area (Å²) < 4.78 is 68.4. The van der Waals surface area contributed by atoms with Gasteiger partial charge in [0.15, 0.2) is 12.2 Å². The number of hydrogen-bond acceptors (Lipinski definition) is 15. The van der Waals surface area contributed by atoms with E-state index in [-0.39, 0.29) is 25.7 Å². The van der Waals surface area contributed by atoms with Crippen LogP contribution in [-0.2, 0) is 65.4 Å². The number of phosphoric ester groups is 2. The molecule has 0 amide bonds. The van der Waals surface area contributed by atoms with Crippen LogP contribution in [0.4, 0.5) is 0 Å². The van der Waals surface area contributed by atoms with Crippen molar-refractivity contribution < 1.29 is 80.2 Å². The van der Waals surface area contributed by atoms with Crippen molar-refractivity contribution in [2.75, 3.05) is 39.6 Å². The summed E-state index contributed by atoms with van der Waals surface area (Å²) in [6.07, 6.45) is 90.4. The Kier molecular flexibility index (Phi) is 71.2. The molecule has 5 atom stereocenters. The molecule has 104 heavy (non-hydrogen) atoms. The SMILES string of the molecule is CC/C=C\C/C=C\C/C=C\C/C=C\C/C=C\CCCC(=O)OCC(COP(=O)(O)OCC(O)COP(=O)(O)OCC(COC(=O)CCCCCC/C=C\C/C=C\C/C=C\C/C=C\CC)OC(=O)CCCCCCC/C=C\CCCCCC)OC(=O)CCC/C=C\C/C=C\C/C=C\C/C=C\C/C=C\CC. The topological polar surface area (TPSA) is 237 Å². The molecule has 3 N–H and O–H groups in total. The molecule has 17 nitrogen and oxygen atoms in total. The molecule has 588 valence electrons. The van der Waals surface area contributed by atoms with Gasteiger partial charge in [0, 0.05) is 25.7 Å². The smallest absolute Gasteiger partial charge is 0.462 e. The Bertz CT molecular complexity index is 2690. The zero-order chi connectivity index (χ0) is 76.0. The summed E-state index contributed by atoms with van der Waals surface area (Å²) in [5, 5.41) is 10.6. The van der Waals surface area contributed by atoms with E-state index in [1.165, 1.54) is 25.7 Å². The maximum Gasteiger partial charge on any atom is 0.472 e. The van der Waals surface area contributed by atoms with E-state index >= 15 is 0 Å². The predicted octanol–water partition coefficient (Wildman–Crippen LogP) is 22.8. The number of allylic oxidation sites excluding steroid dienone is 30. The molecule has 0 saturated heterocycles. The highest BCUT2D eigenvalue weighted by atomic mass is 31.2. The van der Waals surface area contributed by atoms with Crippen LogP contribution in [-0.4, -0.2) is 96.7 Å². The van der Waals surface area contributed by atoms with Crippen molar-refractivity contribution in [1.82, 2.24) is 0 Å². The van der Waals surface area contributed by atoms with Gasteiger partial charge in [-0.25, -0.2) is 9.13 Å². The van der Waals surface area contributed by atoms with Gasteiger partial charge in [0.25, 0.3) is 0 Å². The number of aliphatic hydroxyl groups is 1. The maximum atomic E-state index is 13.1. The lowest BCUT2D eigenvalue weighted by Crippen LogP contribution is -2.30. The second-order valence-corrected chi connectivity index (χ2v) is 28.1. The summed E-state index contributed by atoms with van der Waals surface area (Å²) in [6, 6.07) is 0. The quantitative estimate of drug-likeness (QED) is 0.0169. The number of phosphoric acid groups is 2. The third-order valence-corrected chi connectivity index (χ3v) is 17.2. The Morgan fingerprint density at radius 1 is 0.279 bits per heavy atom. The lowest BCUT2D eigenvalue weighted by atomic mass is 10.1. The number of ether oxygens (including phenoxy) is 4. The summed E-state index contributed by atoms with van der Waals surface area (Å²) in [5.41, 5.74) is 0. The standard InChI is InChI=1S/C85H136O17P2/c1-5-9-13-17-21-25-29-33-36-39-42-46-49-53-57-61-65-69-82(87)95-75-80(101-84(89)71-67-63-59-55-51-45-32-28-24-20-16-12-8-4)77-99-103(91,92)97-73-79(86)74-98-104(93,94)100-78-81(102-85(90)72-68-64-60-56-52-48-44-41-38-35-31-27-23-19-15-11-7-3)76-96-83(88)70-66-62-58-54-50-47-43-40-37-34-30-26-22-18-14-10-6-2/h9-11,13-15,21-23,25-28,32-38,42-44,46-48,54,56,58,60,79-81,86H,5-8,12,16-20,24,29-31,39-41,45,49-53,55,57,59,61-78H2,1-4H3,(H,91,92)(H,93,94)/b13-9-,14-10-,15-11-,25-21-,26-22-,27-23-,32-28-,36-33-,37-34-,38-35-,46-42-,47-43-,48-44-,58-54-,60-56-. The zero-order valence-corrected chi connectivity index (χ0v) is 65.9. The maximum absolute atomic E-state index is 13.1. The Labute approximate surface area is 628 Å². The molecule has 0 aromatic carbocycles. The Hall–Kier alpha value is -5.84. The Balaban J connectivity index is 5.51. The van der Waals surface area contributed by atoms with Crippen molar-refractivity contribution in [3.8, 4) is 0 Å². The van der Waals surface area contributed by atoms with Gasteiger partial charge < -0.3 is 33.8 Å². The molecule has 0 aliphatic rings. The monoisotopic (exact) mass is 1490 g/mol. The molecule has 0 radical (unpaired) electrons. The van der Waals surface area contributed by atoms with Crippen molar-refractivity contribution in [2.45, 2.75) is 290 Å². The van der Waals surface area contributed by atoms with Gasteiger partial charge >= 0.3 is 39.5 Å². The minimum absolute atomic E-state index is 0.00340. The van der Waals surface area contributed by atoms with Crippen LogP contribution < -0.4 is 0 Å². The second kappa shape index (κ2) is 75.4. The predicted molar refractivity (Wildman–Crippen MR) is 426 cm³/mol. The Morgan fingerprint density at radius 3 is 0.827 bits per heavy atom. The highest BCUT2D eigenvalue weighted by Gasteiger charge is 2.30. The molecule has 0 aliphatic carbocycles. The first-order chi connectivity index (χ1) is 50.7. The molecule has 0 heterocycles. The van der Waals surface area contributed by atoms with Crippen molar-refractivity contribution >= 4 is 39.5 Å². The van der Waals surface area contributed by atoms with E-state index in [2.05, 4.69) is 186 Å². The first-order valence-corrected chi connectivity index (χ1v) is 42.0. The largest absolute Gasteiger partial charge is 0.472 e. The van der Waals surface area contributed by atoms with Crippen molar-refractivity contribution in [1.29, 1.82) is 0 Å². The first-order valence-electron chi connectivity index (χ1n) is 39.0. The average Bonchev–Trinajstić information content (AvgIpc) is 0.910. The minimum atomic E-state index is -5.02. The van der Waals surface area contributed by atoms with Gasteiger partial charge in [0.2, 0.25) is 0 Å². The van der Waals surface area contributed by atoms with E-state index in [9.17, 15) is 43.2 Å². The molecule has 0 fully saturated rings. The Morgan fingerprint density at radius 2 is 0.510 bits per heavy atom. The van der Waals surface area contributed by atoms with Gasteiger partial charge in [0.05, 0.1) is 26.4 Å². The molecule has 0 bridgehead atoms. The molecule has 0 aliphatic heterocycles. The number of unbranched alkanes of at least 4 members (excludes halogenated alkanes) is 15. The van der Waals surface area contributed by atoms with E-state index in [0.29, 0.717) is 38.5 Å². The fourth-order valence-corrected chi connectivity index (χ4v) is 11.1. The summed E-state index contributed by atoms with van der Waals surface area (Å²) in [5.74, 6) is -2.37. The molecular weight excluding hydrogens is 1350 g/mol. The average molecular weight is 1490 g/mol. The lowest BCUT2D eigenvalue weighted by molar-refractivity contribution is -0.161. The van der Waals surface area contributed by atoms with E-state index < -0.39 is 97.5 Å². The second-order valence-electron chi connectivity index (χ2n) is 25.1. The molecule has 5 unspecified atom stereocenters. The van der Waals surface area contributed by atoms with Crippen LogP contribution in [0.25, 0.3) is 0 Å². The van der Waals surface area contributed by atoms with E-state index in [4.69, 9.17) is 37.0 Å². The molecule has 0 aromatic rings. The third-order valence-electron chi connectivity index (χ3n) is 15.3. The number of carbonyl (C=O) groups excluding carboxylic acids is 4. The normalized spacial score (nSPS) is 14.9. The van der Waals surface area contributed by atoms with Crippen molar-refractivity contribution in [3.63, 3.8) is 0 Å². The van der Waals surface area contributed by atoms with Crippen LogP contribution in [0.15, 0.2) is 182 Å². The highest BCUT2D eigenvalue weighted by molar-refractivity contribution is 7.47. The number of carbonyl (C=O) groups is 4. The number of hydrogen-bond donors (Lipinski definition) is 3. The van der Waals surface area contributed by atoms with E-state index in [1.807, 2.05) is 24.3 Å². The molecule has 19 heteroatoms. The fourth-order valence-electron chi connectivity index (χ4n) is 9.51. The van der Waals surface area contributed by atoms with Gasteiger partial charge in [-0.2, -0.15) is 0 Å². The number of aliphatic hydroxyl groups excluding tert-OH is 1. The lowest BCUT2D eigenvalue weighted by Gasteiger charge is -2.21. The van der Waals surface area contributed by atoms with Crippen LogP contribution in [0, 0.1) is 0 Å². The van der Waals surface area contributed by atoms with Gasteiger partial charge in [-0.1, -0.05) is 261 Å². The fraction of sp³-hybridized carbons (Fsp3) is 0.600. The summed E-state index contributed by atoms with van der Waals surface area (Å²) >= 11 is 0. The van der Waals surface area contributed by atoms with Gasteiger partial charge in [-0.3, -0.25) is 37.3 Å². The number of rotatable bonds is 71. The van der Waals surface area contributed by atoms with Gasteiger partial charge in [-0.05, 0) is 167 Å². The molecular formula is C85H136O17P2. The number of esters is 4. The van der Waals surface area contributed by atoms with Gasteiger partial charge in [-0.15, -0.1) is 0 Å². The molecule has 0 aromatic heterocycles. The van der Waals surface area contributed by atoms with Crippen LogP contribution in [0.2, 0.25) is 0 Å². The summed E-state index contributed by atoms with van der Waals surface area (Å²) in [6.45, 7) is 4.32. The van der Waals surface area contributed by atoms with Crippen LogP contribution in [0.3, 0.4) is 0 Å². The highest BCUT2D eigenvalue weighted by Crippen LogP contribution is 2.45. The zero-order valence-electron chi connectivity index (χ0n) is 64.1. The molecule has 0 saturated carbocycles. The van der Waals surface area contributed by atoms with E-state index in [0.717, 1.165) is 154 Å². The minimum Gasteiger partial charge on any atom is -0.462 e. The van der Waals surface area contributed by atoms with Crippen LogP contribution in [0.5, 0.6) is 0 Å². The molecule has 0 rings (SSSR count). The first kappa shape index (κ1) is 98.2. The summed E-state index contributed by atoms with van der Waals surface area (Å²) in [4.78, 5) is 72.9. The van der Waals surface area contributed by atoms with Crippen molar-refractivity contribution in [3.05, 3.63) is 182 Å². The van der Waals surface area contributed by atoms with Crippen LogP contribution in [0.1, 0.15) is 272 Å². The third kappa shape index (κ3) is 74.4.